The van der Waals surface area contributed by atoms with Gasteiger partial charge in [-0.05, 0) is 13.0 Å². The molecule has 1 aromatic heterocycles. The van der Waals surface area contributed by atoms with Crippen LogP contribution in [0.5, 0.6) is 0 Å². The maximum atomic E-state index is 11.7. The van der Waals surface area contributed by atoms with Crippen molar-refractivity contribution in [3.8, 4) is 0 Å². The minimum atomic E-state index is -0.164. The number of hydrogen-bond acceptors (Lipinski definition) is 4. The number of aromatic nitrogens is 1. The highest BCUT2D eigenvalue weighted by Crippen LogP contribution is 2.28. The van der Waals surface area contributed by atoms with Crippen LogP contribution in [0.25, 0.3) is 0 Å². The SMILES string of the molecule is CC1=Nc2c(ccnc2C(=O)CBr)C(=O)C1. The van der Waals surface area contributed by atoms with Gasteiger partial charge < -0.3 is 0 Å². The summed E-state index contributed by atoms with van der Waals surface area (Å²) in [6.07, 6.45) is 1.79. The van der Waals surface area contributed by atoms with E-state index in [1.807, 2.05) is 0 Å². The van der Waals surface area contributed by atoms with Crippen LogP contribution in [0.15, 0.2) is 17.3 Å². The Labute approximate surface area is 101 Å². The summed E-state index contributed by atoms with van der Waals surface area (Å²) in [5.74, 6) is -0.170. The molecule has 5 heteroatoms. The summed E-state index contributed by atoms with van der Waals surface area (Å²) in [5.41, 5.74) is 1.89. The molecule has 82 valence electrons. The molecule has 0 unspecified atom stereocenters. The largest absolute Gasteiger partial charge is 0.294 e. The van der Waals surface area contributed by atoms with Crippen molar-refractivity contribution in [2.75, 3.05) is 5.33 Å². The number of pyridine rings is 1. The fraction of sp³-hybridized carbons (Fsp3) is 0.273. The fourth-order valence-electron chi connectivity index (χ4n) is 1.62. The van der Waals surface area contributed by atoms with E-state index in [9.17, 15) is 9.59 Å². The topological polar surface area (TPSA) is 59.4 Å². The molecule has 2 heterocycles. The summed E-state index contributed by atoms with van der Waals surface area (Å²) in [7, 11) is 0. The Morgan fingerprint density at radius 3 is 3.00 bits per heavy atom. The number of halogens is 1. The Hall–Kier alpha value is -1.36. The van der Waals surface area contributed by atoms with Gasteiger partial charge in [-0.2, -0.15) is 0 Å². The molecule has 1 aromatic rings. The first-order valence-electron chi connectivity index (χ1n) is 4.79. The van der Waals surface area contributed by atoms with E-state index in [-0.39, 0.29) is 22.6 Å². The Morgan fingerprint density at radius 1 is 1.56 bits per heavy atom. The van der Waals surface area contributed by atoms with Crippen molar-refractivity contribution < 1.29 is 9.59 Å². The normalized spacial score (nSPS) is 14.4. The van der Waals surface area contributed by atoms with Crippen molar-refractivity contribution in [3.63, 3.8) is 0 Å². The number of ketones is 2. The molecule has 0 spiro atoms. The predicted molar refractivity (Wildman–Crippen MR) is 64.1 cm³/mol. The fourth-order valence-corrected chi connectivity index (χ4v) is 1.88. The summed E-state index contributed by atoms with van der Waals surface area (Å²) in [4.78, 5) is 31.6. The summed E-state index contributed by atoms with van der Waals surface area (Å²) >= 11 is 3.09. The number of carbonyl (C=O) groups is 2. The van der Waals surface area contributed by atoms with Crippen LogP contribution in [0.2, 0.25) is 0 Å². The quantitative estimate of drug-likeness (QED) is 0.617. The molecule has 0 atom stereocenters. The third-order valence-electron chi connectivity index (χ3n) is 2.33. The molecular weight excluding hydrogens is 272 g/mol. The van der Waals surface area contributed by atoms with E-state index >= 15 is 0 Å². The number of fused-ring (bicyclic) bond motifs is 1. The zero-order chi connectivity index (χ0) is 11.7. The van der Waals surface area contributed by atoms with Gasteiger partial charge in [0.05, 0.1) is 5.33 Å². The summed E-state index contributed by atoms with van der Waals surface area (Å²) in [6.45, 7) is 1.77. The van der Waals surface area contributed by atoms with Gasteiger partial charge in [-0.15, -0.1) is 0 Å². The van der Waals surface area contributed by atoms with Gasteiger partial charge in [-0.3, -0.25) is 19.6 Å². The van der Waals surface area contributed by atoms with Crippen LogP contribution in [0.4, 0.5) is 5.69 Å². The van der Waals surface area contributed by atoms with E-state index in [0.717, 1.165) is 0 Å². The molecule has 0 fully saturated rings. The van der Waals surface area contributed by atoms with Gasteiger partial charge >= 0.3 is 0 Å². The molecule has 0 saturated carbocycles. The molecule has 2 rings (SSSR count). The average Bonchev–Trinajstić information content (AvgIpc) is 2.27. The number of aliphatic imine (C=N–C) groups is 1. The Balaban J connectivity index is 2.64. The monoisotopic (exact) mass is 280 g/mol. The van der Waals surface area contributed by atoms with Crippen molar-refractivity contribution in [2.45, 2.75) is 13.3 Å². The molecular formula is C11H9BrN2O2. The van der Waals surface area contributed by atoms with Crippen LogP contribution in [0.1, 0.15) is 34.2 Å². The third kappa shape index (κ3) is 1.82. The van der Waals surface area contributed by atoms with Crippen LogP contribution in [0.3, 0.4) is 0 Å². The maximum absolute atomic E-state index is 11.7. The third-order valence-corrected chi connectivity index (χ3v) is 2.84. The van der Waals surface area contributed by atoms with Crippen molar-refractivity contribution in [1.82, 2.24) is 4.98 Å². The van der Waals surface area contributed by atoms with Gasteiger partial charge in [0.2, 0.25) is 0 Å². The zero-order valence-electron chi connectivity index (χ0n) is 8.66. The number of alkyl halides is 1. The van der Waals surface area contributed by atoms with Crippen molar-refractivity contribution in [1.29, 1.82) is 0 Å². The number of Topliss-reactive ketones (excluding diaryl/α,β-unsaturated/α-hetero) is 2. The Morgan fingerprint density at radius 2 is 2.31 bits per heavy atom. The van der Waals surface area contributed by atoms with E-state index in [2.05, 4.69) is 25.9 Å². The lowest BCUT2D eigenvalue weighted by Gasteiger charge is -2.13. The van der Waals surface area contributed by atoms with Gasteiger partial charge in [0.15, 0.2) is 11.6 Å². The van der Waals surface area contributed by atoms with E-state index < -0.39 is 0 Å². The molecule has 0 radical (unpaired) electrons. The first kappa shape index (κ1) is 11.1. The first-order valence-corrected chi connectivity index (χ1v) is 5.91. The molecule has 1 aliphatic heterocycles. The number of carbonyl (C=O) groups excluding carboxylic acids is 2. The lowest BCUT2D eigenvalue weighted by Crippen LogP contribution is -2.14. The minimum absolute atomic E-state index is 0.00600. The first-order chi connectivity index (χ1) is 7.63. The van der Waals surface area contributed by atoms with Crippen LogP contribution in [-0.4, -0.2) is 27.6 Å². The summed E-state index contributed by atoms with van der Waals surface area (Å²) < 4.78 is 0. The average molecular weight is 281 g/mol. The van der Waals surface area contributed by atoms with Gasteiger partial charge in [0, 0.05) is 23.9 Å². The van der Waals surface area contributed by atoms with Gasteiger partial charge in [0.25, 0.3) is 0 Å². The molecule has 0 aliphatic carbocycles. The van der Waals surface area contributed by atoms with E-state index in [4.69, 9.17) is 0 Å². The van der Waals surface area contributed by atoms with E-state index in [0.29, 0.717) is 23.4 Å². The van der Waals surface area contributed by atoms with Crippen LogP contribution in [-0.2, 0) is 0 Å². The highest BCUT2D eigenvalue weighted by Gasteiger charge is 2.23. The predicted octanol–water partition coefficient (Wildman–Crippen LogP) is 2.34. The maximum Gasteiger partial charge on any atom is 0.193 e. The lowest BCUT2D eigenvalue weighted by molar-refractivity contribution is 0.0999. The molecule has 1 aliphatic rings. The molecule has 0 N–H and O–H groups in total. The number of nitrogens with zero attached hydrogens (tertiary/aromatic N) is 2. The van der Waals surface area contributed by atoms with Gasteiger partial charge in [-0.25, -0.2) is 0 Å². The molecule has 0 bridgehead atoms. The van der Waals surface area contributed by atoms with Crippen molar-refractivity contribution in [2.24, 2.45) is 4.99 Å². The standard InChI is InChI=1S/C11H9BrN2O2/c1-6-4-8(15)7-2-3-13-11(9(16)5-12)10(7)14-6/h2-3H,4-5H2,1H3. The second-order valence-electron chi connectivity index (χ2n) is 3.56. The molecule has 0 saturated heterocycles. The molecule has 0 amide bonds. The second-order valence-corrected chi connectivity index (χ2v) is 4.12. The molecule has 0 aromatic carbocycles. The molecule has 16 heavy (non-hydrogen) atoms. The van der Waals surface area contributed by atoms with Gasteiger partial charge in [-0.1, -0.05) is 15.9 Å². The summed E-state index contributed by atoms with van der Waals surface area (Å²) in [5, 5.41) is 0.180. The van der Waals surface area contributed by atoms with Crippen molar-refractivity contribution >= 4 is 38.9 Å². The van der Waals surface area contributed by atoms with Crippen LogP contribution in [0, 0.1) is 0 Å². The van der Waals surface area contributed by atoms with Crippen molar-refractivity contribution in [3.05, 3.63) is 23.5 Å². The summed E-state index contributed by atoms with van der Waals surface area (Å²) in [6, 6.07) is 1.61. The Bertz CT molecular complexity index is 509. The Kier molecular flexibility index (Phi) is 2.96. The van der Waals surface area contributed by atoms with Crippen LogP contribution >= 0.6 is 15.9 Å². The van der Waals surface area contributed by atoms with Gasteiger partial charge in [0.1, 0.15) is 11.4 Å². The number of hydrogen-bond donors (Lipinski definition) is 0. The molecule has 4 nitrogen and oxygen atoms in total. The van der Waals surface area contributed by atoms with E-state index in [1.54, 1.807) is 13.0 Å². The van der Waals surface area contributed by atoms with E-state index in [1.165, 1.54) is 6.20 Å². The number of rotatable bonds is 2. The highest BCUT2D eigenvalue weighted by atomic mass is 79.9. The lowest BCUT2D eigenvalue weighted by atomic mass is 10.00. The smallest absolute Gasteiger partial charge is 0.193 e. The second kappa shape index (κ2) is 4.25. The van der Waals surface area contributed by atoms with Crippen LogP contribution < -0.4 is 0 Å². The zero-order valence-corrected chi connectivity index (χ0v) is 10.2. The minimum Gasteiger partial charge on any atom is -0.294 e. The highest BCUT2D eigenvalue weighted by molar-refractivity contribution is 9.09.